The van der Waals surface area contributed by atoms with Crippen LogP contribution in [0.1, 0.15) is 0 Å². The van der Waals surface area contributed by atoms with E-state index in [0.29, 0.717) is 49.2 Å². The first-order valence-corrected chi connectivity index (χ1v) is 10.2. The molecule has 1 unspecified atom stereocenters. The fraction of sp³-hybridized carbons (Fsp3) is 0.318. The predicted molar refractivity (Wildman–Crippen MR) is 116 cm³/mol. The number of pyridine rings is 1. The minimum absolute atomic E-state index is 0.183. The lowest BCUT2D eigenvalue weighted by atomic mass is 10.1. The first-order valence-electron chi connectivity index (χ1n) is 9.84. The number of hydrogen-bond acceptors (Lipinski definition) is 5. The summed E-state index contributed by atoms with van der Waals surface area (Å²) < 4.78 is 19.2. The number of hydrogen-bond donors (Lipinski definition) is 2. The van der Waals surface area contributed by atoms with Gasteiger partial charge < -0.3 is 19.7 Å². The summed E-state index contributed by atoms with van der Waals surface area (Å²) >= 11 is 6.01. The third-order valence-corrected chi connectivity index (χ3v) is 5.48. The molecular formula is C22H23ClFN3O3. The van der Waals surface area contributed by atoms with Gasteiger partial charge in [-0.2, -0.15) is 0 Å². The second-order valence-corrected chi connectivity index (χ2v) is 7.87. The van der Waals surface area contributed by atoms with E-state index >= 15 is 0 Å². The van der Waals surface area contributed by atoms with E-state index in [2.05, 4.69) is 9.88 Å². The number of aromatic amines is 1. The van der Waals surface area contributed by atoms with Crippen LogP contribution in [0, 0.1) is 5.82 Å². The lowest BCUT2D eigenvalue weighted by Crippen LogP contribution is -2.50. The van der Waals surface area contributed by atoms with Crippen molar-refractivity contribution < 1.29 is 14.2 Å². The van der Waals surface area contributed by atoms with Crippen LogP contribution in [-0.4, -0.2) is 60.4 Å². The first kappa shape index (κ1) is 20.7. The normalized spacial score (nSPS) is 16.0. The fourth-order valence-corrected chi connectivity index (χ4v) is 3.86. The van der Waals surface area contributed by atoms with Crippen molar-refractivity contribution in [1.29, 1.82) is 0 Å². The first-order chi connectivity index (χ1) is 14.5. The van der Waals surface area contributed by atoms with Crippen LogP contribution in [0.15, 0.2) is 53.5 Å². The summed E-state index contributed by atoms with van der Waals surface area (Å²) in [6.07, 6.45) is 0.415. The molecule has 0 saturated carbocycles. The van der Waals surface area contributed by atoms with Gasteiger partial charge in [-0.05, 0) is 35.0 Å². The fourth-order valence-electron chi connectivity index (χ4n) is 3.68. The van der Waals surface area contributed by atoms with Crippen molar-refractivity contribution in [3.8, 4) is 5.75 Å². The summed E-state index contributed by atoms with van der Waals surface area (Å²) in [6, 6.07) is 12.6. The zero-order valence-corrected chi connectivity index (χ0v) is 17.1. The zero-order chi connectivity index (χ0) is 21.1. The average molecular weight is 432 g/mol. The van der Waals surface area contributed by atoms with Crippen molar-refractivity contribution in [1.82, 2.24) is 9.88 Å². The van der Waals surface area contributed by atoms with E-state index in [4.69, 9.17) is 16.3 Å². The molecule has 0 aliphatic carbocycles. The van der Waals surface area contributed by atoms with E-state index in [1.807, 2.05) is 41.3 Å². The number of aromatic nitrogens is 1. The maximum Gasteiger partial charge on any atom is 0.271 e. The summed E-state index contributed by atoms with van der Waals surface area (Å²) in [7, 11) is 0. The molecule has 2 aromatic carbocycles. The molecule has 0 amide bonds. The van der Waals surface area contributed by atoms with Gasteiger partial charge in [0.1, 0.15) is 30.0 Å². The van der Waals surface area contributed by atoms with Gasteiger partial charge in [-0.15, -0.1) is 0 Å². The summed E-state index contributed by atoms with van der Waals surface area (Å²) in [5, 5.41) is 13.1. The van der Waals surface area contributed by atoms with Crippen LogP contribution in [0.2, 0.25) is 5.02 Å². The second kappa shape index (κ2) is 9.04. The molecule has 0 spiro atoms. The summed E-state index contributed by atoms with van der Waals surface area (Å²) in [4.78, 5) is 18.3. The number of nitrogens with zero attached hydrogens (tertiary/aromatic N) is 2. The lowest BCUT2D eigenvalue weighted by molar-refractivity contribution is 0.0663. The second-order valence-electron chi connectivity index (χ2n) is 7.44. The predicted octanol–water partition coefficient (Wildman–Crippen LogP) is 2.88. The number of ether oxygens (including phenoxy) is 1. The molecule has 1 aliphatic rings. The molecule has 1 aromatic heterocycles. The molecule has 3 aromatic rings. The molecule has 8 heteroatoms. The number of fused-ring (bicyclic) bond motifs is 1. The van der Waals surface area contributed by atoms with Gasteiger partial charge in [-0.3, -0.25) is 9.69 Å². The van der Waals surface area contributed by atoms with E-state index in [1.165, 1.54) is 6.07 Å². The van der Waals surface area contributed by atoms with Gasteiger partial charge in [-0.1, -0.05) is 23.7 Å². The Morgan fingerprint density at radius 1 is 1.10 bits per heavy atom. The van der Waals surface area contributed by atoms with Crippen molar-refractivity contribution in [2.45, 2.75) is 6.10 Å². The molecule has 158 valence electrons. The van der Waals surface area contributed by atoms with E-state index in [0.717, 1.165) is 17.0 Å². The molecule has 0 radical (unpaired) electrons. The van der Waals surface area contributed by atoms with Crippen LogP contribution in [0.25, 0.3) is 10.8 Å². The number of β-amino-alcohol motifs (C(OH)–C–C–N with tert-alkyl or cyclic N) is 1. The van der Waals surface area contributed by atoms with Gasteiger partial charge in [-0.25, -0.2) is 4.39 Å². The van der Waals surface area contributed by atoms with Crippen molar-refractivity contribution in [2.75, 3.05) is 44.2 Å². The molecule has 0 bridgehead atoms. The van der Waals surface area contributed by atoms with Crippen LogP contribution in [0.4, 0.5) is 10.1 Å². The van der Waals surface area contributed by atoms with Gasteiger partial charge in [0.05, 0.1) is 0 Å². The summed E-state index contributed by atoms with van der Waals surface area (Å²) in [6.45, 7) is 3.17. The quantitative estimate of drug-likeness (QED) is 0.628. The number of aliphatic hydroxyl groups is 1. The largest absolute Gasteiger partial charge is 0.491 e. The van der Waals surface area contributed by atoms with Gasteiger partial charge in [0.2, 0.25) is 0 Å². The van der Waals surface area contributed by atoms with Crippen LogP contribution in [-0.2, 0) is 0 Å². The zero-order valence-electron chi connectivity index (χ0n) is 16.4. The molecule has 30 heavy (non-hydrogen) atoms. The molecule has 2 N–H and O–H groups in total. The molecule has 1 atom stereocenters. The minimum atomic E-state index is -0.643. The monoisotopic (exact) mass is 431 g/mol. The van der Waals surface area contributed by atoms with E-state index in [9.17, 15) is 14.3 Å². The highest BCUT2D eigenvalue weighted by Crippen LogP contribution is 2.24. The number of rotatable bonds is 6. The number of piperazine rings is 1. The number of aliphatic hydroxyl groups excluding tert-OH is 1. The molecule has 2 heterocycles. The van der Waals surface area contributed by atoms with E-state index in [-0.39, 0.29) is 12.2 Å². The van der Waals surface area contributed by atoms with Crippen molar-refractivity contribution in [3.63, 3.8) is 0 Å². The van der Waals surface area contributed by atoms with Gasteiger partial charge in [0.25, 0.3) is 5.56 Å². The Hall–Kier alpha value is -2.61. The maximum absolute atomic E-state index is 13.4. The molecule has 6 nitrogen and oxygen atoms in total. The Morgan fingerprint density at radius 2 is 1.83 bits per heavy atom. The number of H-pyrrole nitrogens is 1. The number of benzene rings is 2. The molecular weight excluding hydrogens is 409 g/mol. The topological polar surface area (TPSA) is 68.8 Å². The number of halogens is 2. The SMILES string of the molecule is O=c1[nH]cc(F)cc1N1CCN(CC(O)COc2ccc3cc(Cl)ccc3c2)CC1. The maximum atomic E-state index is 13.4. The Bertz CT molecular complexity index is 1080. The molecule has 4 rings (SSSR count). The van der Waals surface area contributed by atoms with Crippen molar-refractivity contribution in [3.05, 3.63) is 69.9 Å². The smallest absolute Gasteiger partial charge is 0.271 e. The van der Waals surface area contributed by atoms with Gasteiger partial charge in [0.15, 0.2) is 0 Å². The average Bonchev–Trinajstić information content (AvgIpc) is 2.74. The highest BCUT2D eigenvalue weighted by atomic mass is 35.5. The molecule has 1 aliphatic heterocycles. The molecule has 1 saturated heterocycles. The van der Waals surface area contributed by atoms with Gasteiger partial charge >= 0.3 is 0 Å². The summed E-state index contributed by atoms with van der Waals surface area (Å²) in [5.74, 6) is 0.232. The third kappa shape index (κ3) is 4.92. The van der Waals surface area contributed by atoms with Crippen LogP contribution in [0.3, 0.4) is 0 Å². The van der Waals surface area contributed by atoms with Gasteiger partial charge in [0, 0.05) is 50.0 Å². The summed E-state index contributed by atoms with van der Waals surface area (Å²) in [5.41, 5.74) is 0.0482. The van der Waals surface area contributed by atoms with Crippen molar-refractivity contribution in [2.24, 2.45) is 0 Å². The van der Waals surface area contributed by atoms with E-state index in [1.54, 1.807) is 0 Å². The minimum Gasteiger partial charge on any atom is -0.491 e. The van der Waals surface area contributed by atoms with E-state index < -0.39 is 11.9 Å². The number of anilines is 1. The Morgan fingerprint density at radius 3 is 2.63 bits per heavy atom. The number of nitrogens with one attached hydrogen (secondary N) is 1. The van der Waals surface area contributed by atoms with Crippen LogP contribution >= 0.6 is 11.6 Å². The Balaban J connectivity index is 1.27. The third-order valence-electron chi connectivity index (χ3n) is 5.25. The standard InChI is InChI=1S/C22H23ClFN3O3/c23-17-3-1-16-10-20(4-2-15(16)9-17)30-14-19(28)13-26-5-7-27(8-6-26)21-11-18(24)12-25-22(21)29/h1-4,9-12,19,28H,5-8,13-14H2,(H,25,29). The highest BCUT2D eigenvalue weighted by molar-refractivity contribution is 6.31. The van der Waals surface area contributed by atoms with Crippen LogP contribution < -0.4 is 15.2 Å². The van der Waals surface area contributed by atoms with Crippen molar-refractivity contribution >= 4 is 28.1 Å². The Kier molecular flexibility index (Phi) is 6.22. The Labute approximate surface area is 178 Å². The van der Waals surface area contributed by atoms with Crippen LogP contribution in [0.5, 0.6) is 5.75 Å². The highest BCUT2D eigenvalue weighted by Gasteiger charge is 2.21. The molecule has 1 fully saturated rings. The lowest BCUT2D eigenvalue weighted by Gasteiger charge is -2.36.